The van der Waals surface area contributed by atoms with Crippen LogP contribution in [-0.2, 0) is 9.53 Å². The van der Waals surface area contributed by atoms with Gasteiger partial charge in [-0.15, -0.1) is 0 Å². The number of rotatable bonds is 3. The highest BCUT2D eigenvalue weighted by atomic mass is 16.7. The third-order valence-electron chi connectivity index (χ3n) is 4.25. The molecule has 1 aromatic carbocycles. The van der Waals surface area contributed by atoms with E-state index in [4.69, 9.17) is 14.2 Å². The molecule has 0 aliphatic carbocycles. The molecule has 6 nitrogen and oxygen atoms in total. The highest BCUT2D eigenvalue weighted by Crippen LogP contribution is 2.32. The highest BCUT2D eigenvalue weighted by molar-refractivity contribution is 5.92. The number of amides is 1. The summed E-state index contributed by atoms with van der Waals surface area (Å²) in [7, 11) is 0. The summed E-state index contributed by atoms with van der Waals surface area (Å²) in [6.45, 7) is 1.87. The molecular formula is C19H18N2O4. The number of hydrogen-bond acceptors (Lipinski definition) is 5. The molecule has 25 heavy (non-hydrogen) atoms. The zero-order valence-corrected chi connectivity index (χ0v) is 13.6. The summed E-state index contributed by atoms with van der Waals surface area (Å²) in [5.41, 5.74) is 1.88. The summed E-state index contributed by atoms with van der Waals surface area (Å²) >= 11 is 0. The molecule has 0 saturated carbocycles. The van der Waals surface area contributed by atoms with Gasteiger partial charge in [-0.25, -0.2) is 0 Å². The van der Waals surface area contributed by atoms with Crippen LogP contribution in [0, 0.1) is 0 Å². The number of pyridine rings is 1. The molecule has 4 rings (SSSR count). The predicted octanol–water partition coefficient (Wildman–Crippen LogP) is 2.42. The first-order chi connectivity index (χ1) is 12.3. The summed E-state index contributed by atoms with van der Waals surface area (Å²) in [5, 5.41) is 0. The van der Waals surface area contributed by atoms with Crippen LogP contribution in [0.2, 0.25) is 0 Å². The SMILES string of the molecule is O=C(/C=C/c1ccc2c(c1)OCO2)N1CCO[C@@H](c2cccnc2)C1. The molecule has 3 heterocycles. The first-order valence-corrected chi connectivity index (χ1v) is 8.18. The van der Waals surface area contributed by atoms with Gasteiger partial charge in [0.1, 0.15) is 6.10 Å². The second kappa shape index (κ2) is 6.94. The van der Waals surface area contributed by atoms with Gasteiger partial charge in [0.05, 0.1) is 13.2 Å². The molecule has 2 aliphatic heterocycles. The van der Waals surface area contributed by atoms with E-state index in [1.165, 1.54) is 0 Å². The highest BCUT2D eigenvalue weighted by Gasteiger charge is 2.24. The average Bonchev–Trinajstić information content (AvgIpc) is 3.15. The predicted molar refractivity (Wildman–Crippen MR) is 91.1 cm³/mol. The van der Waals surface area contributed by atoms with Gasteiger partial charge in [-0.1, -0.05) is 12.1 Å². The Balaban J connectivity index is 1.42. The first kappa shape index (κ1) is 15.7. The minimum absolute atomic E-state index is 0.0325. The number of nitrogens with zero attached hydrogens (tertiary/aromatic N) is 2. The van der Waals surface area contributed by atoms with Crippen LogP contribution in [0.1, 0.15) is 17.2 Å². The molecule has 1 saturated heterocycles. The number of ether oxygens (including phenoxy) is 3. The standard InChI is InChI=1S/C19H18N2O4/c22-19(6-4-14-3-5-16-17(10-14)25-13-24-16)21-8-9-23-18(12-21)15-2-1-7-20-11-15/h1-7,10-11,18H,8-9,12-13H2/b6-4+/t18-/m1/s1. The molecule has 0 unspecified atom stereocenters. The quantitative estimate of drug-likeness (QED) is 0.805. The van der Waals surface area contributed by atoms with Crippen molar-refractivity contribution in [2.24, 2.45) is 0 Å². The number of benzene rings is 1. The van der Waals surface area contributed by atoms with Gasteiger partial charge in [-0.3, -0.25) is 9.78 Å². The van der Waals surface area contributed by atoms with Crippen molar-refractivity contribution in [3.63, 3.8) is 0 Å². The zero-order chi connectivity index (χ0) is 17.1. The number of morpholine rings is 1. The minimum Gasteiger partial charge on any atom is -0.454 e. The molecule has 1 aromatic heterocycles. The lowest BCUT2D eigenvalue weighted by atomic mass is 10.1. The van der Waals surface area contributed by atoms with Crippen LogP contribution >= 0.6 is 0 Å². The van der Waals surface area contributed by atoms with Crippen molar-refractivity contribution in [2.75, 3.05) is 26.5 Å². The van der Waals surface area contributed by atoms with Crippen molar-refractivity contribution in [3.05, 3.63) is 59.9 Å². The van der Waals surface area contributed by atoms with Gasteiger partial charge < -0.3 is 19.1 Å². The molecule has 1 atom stereocenters. The maximum absolute atomic E-state index is 12.5. The summed E-state index contributed by atoms with van der Waals surface area (Å²) < 4.78 is 16.4. The summed E-state index contributed by atoms with van der Waals surface area (Å²) in [5.74, 6) is 1.41. The molecular weight excluding hydrogens is 320 g/mol. The van der Waals surface area contributed by atoms with Crippen LogP contribution in [0.15, 0.2) is 48.8 Å². The van der Waals surface area contributed by atoms with E-state index in [-0.39, 0.29) is 18.8 Å². The van der Waals surface area contributed by atoms with E-state index in [0.29, 0.717) is 25.4 Å². The van der Waals surface area contributed by atoms with Gasteiger partial charge in [-0.05, 0) is 29.8 Å². The fourth-order valence-electron chi connectivity index (χ4n) is 2.91. The van der Waals surface area contributed by atoms with E-state index in [9.17, 15) is 4.79 Å². The molecule has 0 bridgehead atoms. The Bertz CT molecular complexity index is 791. The minimum atomic E-state index is -0.134. The van der Waals surface area contributed by atoms with Crippen LogP contribution in [0.5, 0.6) is 11.5 Å². The smallest absolute Gasteiger partial charge is 0.246 e. The zero-order valence-electron chi connectivity index (χ0n) is 13.6. The fraction of sp³-hybridized carbons (Fsp3) is 0.263. The van der Waals surface area contributed by atoms with Gasteiger partial charge >= 0.3 is 0 Å². The van der Waals surface area contributed by atoms with Gasteiger partial charge in [0.25, 0.3) is 0 Å². The van der Waals surface area contributed by atoms with Crippen LogP contribution in [0.4, 0.5) is 0 Å². The Hall–Kier alpha value is -2.86. The van der Waals surface area contributed by atoms with Crippen LogP contribution in [-0.4, -0.2) is 42.3 Å². The maximum atomic E-state index is 12.5. The monoisotopic (exact) mass is 338 g/mol. The molecule has 1 amide bonds. The lowest BCUT2D eigenvalue weighted by molar-refractivity contribution is -0.133. The molecule has 1 fully saturated rings. The van der Waals surface area contributed by atoms with Gasteiger partial charge in [0.15, 0.2) is 11.5 Å². The summed E-state index contributed by atoms with van der Waals surface area (Å²) in [6.07, 6.45) is 6.75. The van der Waals surface area contributed by atoms with E-state index < -0.39 is 0 Å². The molecule has 0 radical (unpaired) electrons. The van der Waals surface area contributed by atoms with Gasteiger partial charge in [0, 0.05) is 30.6 Å². The van der Waals surface area contributed by atoms with Crippen molar-refractivity contribution >= 4 is 12.0 Å². The third-order valence-corrected chi connectivity index (χ3v) is 4.25. The van der Waals surface area contributed by atoms with Crippen molar-refractivity contribution in [1.29, 1.82) is 0 Å². The Labute approximate surface area is 145 Å². The van der Waals surface area contributed by atoms with Crippen molar-refractivity contribution in [1.82, 2.24) is 9.88 Å². The van der Waals surface area contributed by atoms with Crippen molar-refractivity contribution < 1.29 is 19.0 Å². The van der Waals surface area contributed by atoms with E-state index in [1.54, 1.807) is 29.4 Å². The Morgan fingerprint density at radius 3 is 3.04 bits per heavy atom. The van der Waals surface area contributed by atoms with E-state index in [1.807, 2.05) is 30.3 Å². The Kier molecular flexibility index (Phi) is 4.35. The van der Waals surface area contributed by atoms with Gasteiger partial charge in [-0.2, -0.15) is 0 Å². The topological polar surface area (TPSA) is 60.9 Å². The number of aromatic nitrogens is 1. The molecule has 6 heteroatoms. The molecule has 128 valence electrons. The normalized spacial score (nSPS) is 19.4. The fourth-order valence-corrected chi connectivity index (χ4v) is 2.91. The molecule has 0 spiro atoms. The van der Waals surface area contributed by atoms with Crippen LogP contribution in [0.25, 0.3) is 6.08 Å². The van der Waals surface area contributed by atoms with E-state index in [2.05, 4.69) is 4.98 Å². The molecule has 2 aromatic rings. The molecule has 0 N–H and O–H groups in total. The van der Waals surface area contributed by atoms with Gasteiger partial charge in [0.2, 0.25) is 12.7 Å². The Morgan fingerprint density at radius 1 is 1.24 bits per heavy atom. The second-order valence-corrected chi connectivity index (χ2v) is 5.88. The number of fused-ring (bicyclic) bond motifs is 1. The number of hydrogen-bond donors (Lipinski definition) is 0. The Morgan fingerprint density at radius 2 is 2.16 bits per heavy atom. The summed E-state index contributed by atoms with van der Waals surface area (Å²) in [4.78, 5) is 18.4. The number of carbonyl (C=O) groups is 1. The van der Waals surface area contributed by atoms with Crippen molar-refractivity contribution in [3.8, 4) is 11.5 Å². The lowest BCUT2D eigenvalue weighted by Crippen LogP contribution is -2.41. The van der Waals surface area contributed by atoms with Crippen LogP contribution in [0.3, 0.4) is 0 Å². The third kappa shape index (κ3) is 3.49. The van der Waals surface area contributed by atoms with E-state index >= 15 is 0 Å². The van der Waals surface area contributed by atoms with Crippen molar-refractivity contribution in [2.45, 2.75) is 6.10 Å². The largest absolute Gasteiger partial charge is 0.454 e. The second-order valence-electron chi connectivity index (χ2n) is 5.88. The average molecular weight is 338 g/mol. The van der Waals surface area contributed by atoms with Crippen LogP contribution < -0.4 is 9.47 Å². The van der Waals surface area contributed by atoms with E-state index in [0.717, 1.165) is 16.9 Å². The lowest BCUT2D eigenvalue weighted by Gasteiger charge is -2.32. The molecule has 2 aliphatic rings. The number of carbonyl (C=O) groups excluding carboxylic acids is 1. The maximum Gasteiger partial charge on any atom is 0.246 e. The summed E-state index contributed by atoms with van der Waals surface area (Å²) in [6, 6.07) is 9.45. The first-order valence-electron chi connectivity index (χ1n) is 8.18.